The van der Waals surface area contributed by atoms with Gasteiger partial charge in [-0.25, -0.2) is 9.59 Å². The standard InChI is InChI=1S/C26H22BrF2N2O7P/c1-38-24(33)19-7-5-18(6-8-19)23-15-30(13-16-2-9-20(32)10-3-16)25(34)31(23)14-17-4-11-21(22(27)12-17)26(28,29)39(35,36)37/h2-12,15,32H,13-14H2,1H3,(H2,35,36,37). The highest BCUT2D eigenvalue weighted by molar-refractivity contribution is 9.10. The summed E-state index contributed by atoms with van der Waals surface area (Å²) in [6.45, 7) is 0.117. The van der Waals surface area contributed by atoms with Gasteiger partial charge in [-0.3, -0.25) is 13.7 Å². The van der Waals surface area contributed by atoms with Crippen molar-refractivity contribution in [3.05, 3.63) is 110 Å². The Morgan fingerprint density at radius 2 is 1.62 bits per heavy atom. The average molecular weight is 623 g/mol. The van der Waals surface area contributed by atoms with Crippen LogP contribution in [0.15, 0.2) is 82.2 Å². The van der Waals surface area contributed by atoms with Gasteiger partial charge >= 0.3 is 24.9 Å². The monoisotopic (exact) mass is 622 g/mol. The van der Waals surface area contributed by atoms with Crippen LogP contribution < -0.4 is 5.69 Å². The number of hydrogen-bond acceptors (Lipinski definition) is 5. The van der Waals surface area contributed by atoms with Gasteiger partial charge in [0.15, 0.2) is 0 Å². The fourth-order valence-corrected chi connectivity index (χ4v) is 5.30. The van der Waals surface area contributed by atoms with Gasteiger partial charge in [-0.15, -0.1) is 0 Å². The number of rotatable bonds is 8. The van der Waals surface area contributed by atoms with E-state index in [2.05, 4.69) is 15.9 Å². The van der Waals surface area contributed by atoms with Crippen LogP contribution in [0.5, 0.6) is 5.75 Å². The lowest BCUT2D eigenvalue weighted by Crippen LogP contribution is -2.25. The van der Waals surface area contributed by atoms with Crippen molar-refractivity contribution in [3.8, 4) is 17.0 Å². The summed E-state index contributed by atoms with van der Waals surface area (Å²) in [7, 11) is -4.51. The normalized spacial score (nSPS) is 11.9. The lowest BCUT2D eigenvalue weighted by atomic mass is 10.1. The summed E-state index contributed by atoms with van der Waals surface area (Å²) in [6.07, 6.45) is 1.62. The number of phenols is 1. The molecular formula is C26H22BrF2N2O7P. The molecule has 0 fully saturated rings. The van der Waals surface area contributed by atoms with E-state index in [0.717, 1.165) is 11.6 Å². The topological polar surface area (TPSA) is 131 Å². The Hall–Kier alpha value is -3.57. The van der Waals surface area contributed by atoms with E-state index in [1.54, 1.807) is 42.6 Å². The second kappa shape index (κ2) is 10.9. The zero-order valence-electron chi connectivity index (χ0n) is 20.3. The van der Waals surface area contributed by atoms with Gasteiger partial charge in [-0.05, 0) is 47.0 Å². The van der Waals surface area contributed by atoms with Crippen molar-refractivity contribution in [2.75, 3.05) is 7.11 Å². The molecule has 4 rings (SSSR count). The van der Waals surface area contributed by atoms with Crippen LogP contribution in [0.4, 0.5) is 8.78 Å². The molecule has 0 saturated heterocycles. The van der Waals surface area contributed by atoms with Crippen LogP contribution >= 0.6 is 23.5 Å². The summed E-state index contributed by atoms with van der Waals surface area (Å²) in [4.78, 5) is 43.5. The van der Waals surface area contributed by atoms with E-state index in [4.69, 9.17) is 14.5 Å². The van der Waals surface area contributed by atoms with E-state index >= 15 is 0 Å². The Bertz CT molecular complexity index is 1630. The zero-order valence-corrected chi connectivity index (χ0v) is 22.8. The molecule has 3 N–H and O–H groups in total. The second-order valence-corrected chi connectivity index (χ2v) is 11.1. The van der Waals surface area contributed by atoms with Crippen LogP contribution in [0.2, 0.25) is 0 Å². The fourth-order valence-electron chi connectivity index (χ4n) is 3.96. The Morgan fingerprint density at radius 3 is 2.18 bits per heavy atom. The number of methoxy groups -OCH3 is 1. The molecule has 0 bridgehead atoms. The van der Waals surface area contributed by atoms with E-state index in [-0.39, 0.29) is 23.3 Å². The van der Waals surface area contributed by atoms with E-state index in [1.807, 2.05) is 0 Å². The molecule has 1 heterocycles. The van der Waals surface area contributed by atoms with Crippen molar-refractivity contribution < 1.29 is 37.8 Å². The highest BCUT2D eigenvalue weighted by atomic mass is 79.9. The van der Waals surface area contributed by atoms with Crippen LogP contribution in [0.1, 0.15) is 27.0 Å². The molecule has 3 aromatic carbocycles. The third-order valence-corrected chi connectivity index (χ3v) is 7.63. The number of hydrogen-bond donors (Lipinski definition) is 3. The first-order valence-electron chi connectivity index (χ1n) is 11.3. The number of alkyl halides is 2. The number of carbonyl (C=O) groups excluding carboxylic acids is 1. The third-order valence-electron chi connectivity index (χ3n) is 6.00. The molecule has 0 aliphatic carbocycles. The quantitative estimate of drug-likeness (QED) is 0.188. The van der Waals surface area contributed by atoms with Gasteiger partial charge in [0.1, 0.15) is 5.75 Å². The number of aromatic hydroxyl groups is 1. The molecule has 0 atom stereocenters. The van der Waals surface area contributed by atoms with E-state index in [9.17, 15) is 28.0 Å². The van der Waals surface area contributed by atoms with Gasteiger partial charge < -0.3 is 19.6 Å². The Kier molecular flexibility index (Phi) is 7.94. The van der Waals surface area contributed by atoms with E-state index in [0.29, 0.717) is 22.4 Å². The minimum atomic E-state index is -5.77. The number of esters is 1. The first kappa shape index (κ1) is 28.4. The van der Waals surface area contributed by atoms with Crippen molar-refractivity contribution in [3.63, 3.8) is 0 Å². The van der Waals surface area contributed by atoms with Crippen LogP contribution in [-0.2, 0) is 28.1 Å². The number of nitrogens with zero attached hydrogens (tertiary/aromatic N) is 2. The molecule has 204 valence electrons. The lowest BCUT2D eigenvalue weighted by Gasteiger charge is -2.19. The average Bonchev–Trinajstić information content (AvgIpc) is 3.18. The maximum Gasteiger partial charge on any atom is 0.399 e. The molecule has 0 aliphatic heterocycles. The van der Waals surface area contributed by atoms with E-state index < -0.39 is 30.5 Å². The van der Waals surface area contributed by atoms with Gasteiger partial charge in [0, 0.05) is 16.2 Å². The third kappa shape index (κ3) is 5.89. The number of halogens is 3. The maximum absolute atomic E-state index is 14.3. The summed E-state index contributed by atoms with van der Waals surface area (Å²) in [5.74, 6) is -0.450. The first-order chi connectivity index (χ1) is 18.3. The summed E-state index contributed by atoms with van der Waals surface area (Å²) in [5.41, 5.74) is -3.18. The first-order valence-corrected chi connectivity index (χ1v) is 13.7. The molecular weight excluding hydrogens is 601 g/mol. The Labute approximate surface area is 229 Å². The van der Waals surface area contributed by atoms with Crippen molar-refractivity contribution in [2.45, 2.75) is 18.8 Å². The molecule has 0 unspecified atom stereocenters. The molecule has 0 amide bonds. The minimum absolute atomic E-state index is 0.0597. The number of ether oxygens (including phenoxy) is 1. The predicted octanol–water partition coefficient (Wildman–Crippen LogP) is 4.90. The molecule has 39 heavy (non-hydrogen) atoms. The molecule has 0 radical (unpaired) electrons. The van der Waals surface area contributed by atoms with Crippen LogP contribution in [-0.4, -0.2) is 37.1 Å². The molecule has 0 aliphatic rings. The summed E-state index contributed by atoms with van der Waals surface area (Å²) in [6, 6.07) is 16.1. The highest BCUT2D eigenvalue weighted by Crippen LogP contribution is 2.60. The largest absolute Gasteiger partial charge is 0.508 e. The maximum atomic E-state index is 14.3. The van der Waals surface area contributed by atoms with Crippen molar-refractivity contribution in [1.82, 2.24) is 9.13 Å². The highest BCUT2D eigenvalue weighted by Gasteiger charge is 2.51. The van der Waals surface area contributed by atoms with Gasteiger partial charge in [0.2, 0.25) is 0 Å². The number of imidazole rings is 1. The van der Waals surface area contributed by atoms with Crippen LogP contribution in [0, 0.1) is 0 Å². The lowest BCUT2D eigenvalue weighted by molar-refractivity contribution is 0.0557. The minimum Gasteiger partial charge on any atom is -0.508 e. The Morgan fingerprint density at radius 1 is 1.00 bits per heavy atom. The Balaban J connectivity index is 1.76. The number of carbonyl (C=O) groups is 1. The van der Waals surface area contributed by atoms with Gasteiger partial charge in [-0.1, -0.05) is 52.3 Å². The fraction of sp³-hybridized carbons (Fsp3) is 0.154. The molecule has 0 spiro atoms. The van der Waals surface area contributed by atoms with Gasteiger partial charge in [0.25, 0.3) is 0 Å². The SMILES string of the molecule is COC(=O)c1ccc(-c2cn(Cc3ccc(O)cc3)c(=O)n2Cc2ccc(C(F)(F)P(=O)(O)O)c(Br)c2)cc1. The molecule has 4 aromatic rings. The van der Waals surface area contributed by atoms with Crippen molar-refractivity contribution in [2.24, 2.45) is 0 Å². The molecule has 1 aromatic heterocycles. The van der Waals surface area contributed by atoms with Crippen molar-refractivity contribution in [1.29, 1.82) is 0 Å². The number of benzene rings is 3. The molecule has 9 nitrogen and oxygen atoms in total. The summed E-state index contributed by atoms with van der Waals surface area (Å²) < 4.78 is 47.2. The van der Waals surface area contributed by atoms with Gasteiger partial charge in [-0.2, -0.15) is 8.78 Å². The second-order valence-electron chi connectivity index (χ2n) is 8.65. The predicted molar refractivity (Wildman–Crippen MR) is 142 cm³/mol. The van der Waals surface area contributed by atoms with Crippen LogP contribution in [0.25, 0.3) is 11.3 Å². The number of phenolic OH excluding ortho intramolecular Hbond substituents is 1. The molecule has 13 heteroatoms. The summed E-state index contributed by atoms with van der Waals surface area (Å²) >= 11 is 2.97. The molecule has 0 saturated carbocycles. The smallest absolute Gasteiger partial charge is 0.399 e. The summed E-state index contributed by atoms with van der Waals surface area (Å²) in [5, 5.41) is 9.55. The van der Waals surface area contributed by atoms with Gasteiger partial charge in [0.05, 0.1) is 31.5 Å². The zero-order chi connectivity index (χ0) is 28.5. The van der Waals surface area contributed by atoms with Crippen LogP contribution in [0.3, 0.4) is 0 Å². The van der Waals surface area contributed by atoms with E-state index in [1.165, 1.54) is 40.5 Å². The van der Waals surface area contributed by atoms with Crippen molar-refractivity contribution >= 4 is 29.5 Å². The number of aromatic nitrogens is 2.